The number of anilines is 1. The molecule has 9 heteroatoms. The van der Waals surface area contributed by atoms with E-state index in [0.717, 1.165) is 0 Å². The van der Waals surface area contributed by atoms with Gasteiger partial charge in [-0.15, -0.1) is 0 Å². The molecule has 0 spiro atoms. The van der Waals surface area contributed by atoms with Gasteiger partial charge in [-0.25, -0.2) is 4.79 Å². The highest BCUT2D eigenvalue weighted by atomic mass is 16.5. The summed E-state index contributed by atoms with van der Waals surface area (Å²) in [6.45, 7) is 0.731. The fourth-order valence-corrected chi connectivity index (χ4v) is 3.05. The van der Waals surface area contributed by atoms with Gasteiger partial charge in [-0.1, -0.05) is 42.5 Å². The fraction of sp³-hybridized carbons (Fsp3) is 0.238. The standard InChI is InChI=1S/C21H21N3O6/c22-21(28)23-20(27)19(14-6-2-1-3-7-14)30-18(26)11-10-17(25)24-12-13-29-16-9-5-4-8-15(16)24/h1-9,19H,10-13H2,(H3,22,23,27,28). The van der Waals surface area contributed by atoms with E-state index in [2.05, 4.69) is 0 Å². The van der Waals surface area contributed by atoms with Crippen LogP contribution in [0.15, 0.2) is 54.6 Å². The van der Waals surface area contributed by atoms with E-state index >= 15 is 0 Å². The second kappa shape index (κ2) is 9.55. The quantitative estimate of drug-likeness (QED) is 0.696. The Kier molecular flexibility index (Phi) is 6.63. The number of nitrogens with one attached hydrogen (secondary N) is 1. The number of primary amides is 1. The maximum absolute atomic E-state index is 12.6. The number of nitrogens with two attached hydrogens (primary N) is 1. The predicted molar refractivity (Wildman–Crippen MR) is 107 cm³/mol. The summed E-state index contributed by atoms with van der Waals surface area (Å²) in [7, 11) is 0. The van der Waals surface area contributed by atoms with Crippen molar-refractivity contribution >= 4 is 29.5 Å². The molecule has 9 nitrogen and oxygen atoms in total. The van der Waals surface area contributed by atoms with Gasteiger partial charge in [-0.2, -0.15) is 0 Å². The summed E-state index contributed by atoms with van der Waals surface area (Å²) >= 11 is 0. The van der Waals surface area contributed by atoms with Crippen LogP contribution in [0.2, 0.25) is 0 Å². The molecular weight excluding hydrogens is 390 g/mol. The molecule has 1 aliphatic rings. The van der Waals surface area contributed by atoms with Gasteiger partial charge in [0, 0.05) is 12.0 Å². The van der Waals surface area contributed by atoms with E-state index in [1.54, 1.807) is 53.4 Å². The van der Waals surface area contributed by atoms with Crippen LogP contribution in [0.3, 0.4) is 0 Å². The van der Waals surface area contributed by atoms with Crippen molar-refractivity contribution < 1.29 is 28.7 Å². The van der Waals surface area contributed by atoms with Crippen molar-refractivity contribution in [3.63, 3.8) is 0 Å². The number of hydrogen-bond acceptors (Lipinski definition) is 6. The Morgan fingerprint density at radius 1 is 1.03 bits per heavy atom. The minimum absolute atomic E-state index is 0.105. The largest absolute Gasteiger partial charge is 0.490 e. The van der Waals surface area contributed by atoms with E-state index in [1.165, 1.54) is 0 Å². The first-order valence-corrected chi connectivity index (χ1v) is 9.32. The average Bonchev–Trinajstić information content (AvgIpc) is 2.75. The lowest BCUT2D eigenvalue weighted by Crippen LogP contribution is -2.40. The number of para-hydroxylation sites is 2. The first kappa shape index (κ1) is 20.8. The summed E-state index contributed by atoms with van der Waals surface area (Å²) in [5.74, 6) is -1.28. The third-order valence-corrected chi connectivity index (χ3v) is 4.41. The Balaban J connectivity index is 1.63. The third-order valence-electron chi connectivity index (χ3n) is 4.41. The van der Waals surface area contributed by atoms with E-state index in [0.29, 0.717) is 30.2 Å². The van der Waals surface area contributed by atoms with Crippen LogP contribution in [0.4, 0.5) is 10.5 Å². The van der Waals surface area contributed by atoms with Crippen LogP contribution in [-0.2, 0) is 19.1 Å². The van der Waals surface area contributed by atoms with Crippen LogP contribution in [0.1, 0.15) is 24.5 Å². The second-order valence-electron chi connectivity index (χ2n) is 6.50. The zero-order valence-electron chi connectivity index (χ0n) is 16.1. The number of imide groups is 1. The highest BCUT2D eigenvalue weighted by Gasteiger charge is 2.28. The highest BCUT2D eigenvalue weighted by molar-refractivity contribution is 5.98. The first-order chi connectivity index (χ1) is 14.5. The van der Waals surface area contributed by atoms with Gasteiger partial charge in [0.15, 0.2) is 0 Å². The molecule has 0 saturated carbocycles. The lowest BCUT2D eigenvalue weighted by atomic mass is 10.1. The van der Waals surface area contributed by atoms with Gasteiger partial charge >= 0.3 is 12.0 Å². The molecule has 2 aromatic carbocycles. The maximum atomic E-state index is 12.6. The van der Waals surface area contributed by atoms with Gasteiger partial charge < -0.3 is 20.1 Å². The Bertz CT molecular complexity index is 947. The third kappa shape index (κ3) is 5.13. The number of nitrogens with zero attached hydrogens (tertiary/aromatic N) is 1. The number of hydrogen-bond donors (Lipinski definition) is 2. The lowest BCUT2D eigenvalue weighted by Gasteiger charge is -2.29. The van der Waals surface area contributed by atoms with Gasteiger partial charge in [0.05, 0.1) is 18.7 Å². The molecule has 1 unspecified atom stereocenters. The first-order valence-electron chi connectivity index (χ1n) is 9.32. The normalized spacial score (nSPS) is 13.4. The number of ether oxygens (including phenoxy) is 2. The lowest BCUT2D eigenvalue weighted by molar-refractivity contribution is -0.156. The SMILES string of the molecule is NC(=O)NC(=O)C(OC(=O)CCC(=O)N1CCOc2ccccc21)c1ccccc1. The molecule has 1 atom stereocenters. The van der Waals surface area contributed by atoms with E-state index in [1.807, 2.05) is 11.4 Å². The minimum Gasteiger partial charge on any atom is -0.490 e. The topological polar surface area (TPSA) is 128 Å². The molecule has 0 bridgehead atoms. The summed E-state index contributed by atoms with van der Waals surface area (Å²) in [5, 5.41) is 1.91. The van der Waals surface area contributed by atoms with Crippen LogP contribution in [-0.4, -0.2) is 37.0 Å². The van der Waals surface area contributed by atoms with Crippen LogP contribution in [0, 0.1) is 0 Å². The monoisotopic (exact) mass is 411 g/mol. The number of amides is 4. The van der Waals surface area contributed by atoms with E-state index in [-0.39, 0.29) is 18.7 Å². The zero-order chi connectivity index (χ0) is 21.5. The summed E-state index contributed by atoms with van der Waals surface area (Å²) in [6, 6.07) is 14.3. The molecule has 3 N–H and O–H groups in total. The number of urea groups is 1. The number of rotatable bonds is 6. The number of esters is 1. The fourth-order valence-electron chi connectivity index (χ4n) is 3.05. The second-order valence-corrected chi connectivity index (χ2v) is 6.50. The summed E-state index contributed by atoms with van der Waals surface area (Å²) < 4.78 is 10.8. The number of benzene rings is 2. The van der Waals surface area contributed by atoms with E-state index < -0.39 is 24.0 Å². The molecule has 0 aliphatic carbocycles. The number of fused-ring (bicyclic) bond motifs is 1. The highest BCUT2D eigenvalue weighted by Crippen LogP contribution is 2.31. The number of carbonyl (C=O) groups excluding carboxylic acids is 4. The van der Waals surface area contributed by atoms with Crippen molar-refractivity contribution in [2.45, 2.75) is 18.9 Å². The molecule has 1 heterocycles. The van der Waals surface area contributed by atoms with Crippen LogP contribution < -0.4 is 20.7 Å². The van der Waals surface area contributed by atoms with Crippen LogP contribution in [0.5, 0.6) is 5.75 Å². The zero-order valence-corrected chi connectivity index (χ0v) is 16.1. The van der Waals surface area contributed by atoms with Crippen molar-refractivity contribution in [1.29, 1.82) is 0 Å². The molecule has 0 radical (unpaired) electrons. The molecule has 0 aromatic heterocycles. The van der Waals surface area contributed by atoms with Gasteiger partial charge in [0.1, 0.15) is 12.4 Å². The van der Waals surface area contributed by atoms with Gasteiger partial charge in [-0.3, -0.25) is 19.7 Å². The molecule has 4 amide bonds. The summed E-state index contributed by atoms with van der Waals surface area (Å²) in [6.07, 6.45) is -1.69. The van der Waals surface area contributed by atoms with Gasteiger partial charge in [-0.05, 0) is 12.1 Å². The van der Waals surface area contributed by atoms with Crippen LogP contribution in [0.25, 0.3) is 0 Å². The van der Waals surface area contributed by atoms with E-state index in [9.17, 15) is 19.2 Å². The Morgan fingerprint density at radius 3 is 2.47 bits per heavy atom. The van der Waals surface area contributed by atoms with Gasteiger partial charge in [0.25, 0.3) is 5.91 Å². The van der Waals surface area contributed by atoms with Crippen molar-refractivity contribution in [2.75, 3.05) is 18.1 Å². The van der Waals surface area contributed by atoms with Crippen molar-refractivity contribution in [3.05, 3.63) is 60.2 Å². The van der Waals surface area contributed by atoms with Crippen molar-refractivity contribution in [2.24, 2.45) is 5.73 Å². The molecule has 2 aromatic rings. The molecule has 30 heavy (non-hydrogen) atoms. The average molecular weight is 411 g/mol. The summed E-state index contributed by atoms with van der Waals surface area (Å²) in [4.78, 5) is 49.8. The molecule has 156 valence electrons. The molecule has 0 saturated heterocycles. The van der Waals surface area contributed by atoms with E-state index in [4.69, 9.17) is 15.2 Å². The van der Waals surface area contributed by atoms with Gasteiger partial charge in [0.2, 0.25) is 12.0 Å². The molecule has 3 rings (SSSR count). The van der Waals surface area contributed by atoms with Crippen molar-refractivity contribution in [3.8, 4) is 5.75 Å². The Labute approximate surface area is 172 Å². The smallest absolute Gasteiger partial charge is 0.318 e. The Hall–Kier alpha value is -3.88. The number of carbonyl (C=O) groups is 4. The van der Waals surface area contributed by atoms with Crippen LogP contribution >= 0.6 is 0 Å². The molecule has 1 aliphatic heterocycles. The van der Waals surface area contributed by atoms with Crippen molar-refractivity contribution in [1.82, 2.24) is 5.32 Å². The summed E-state index contributed by atoms with van der Waals surface area (Å²) in [5.41, 5.74) is 6.01. The maximum Gasteiger partial charge on any atom is 0.318 e. The Morgan fingerprint density at radius 2 is 1.73 bits per heavy atom. The molecule has 0 fully saturated rings. The predicted octanol–water partition coefficient (Wildman–Crippen LogP) is 1.67. The molecular formula is C21H21N3O6. The minimum atomic E-state index is -1.36.